The highest BCUT2D eigenvalue weighted by atomic mass is 35.5. The number of nitrogens with zero attached hydrogens (tertiary/aromatic N) is 3. The Kier molecular flexibility index (Phi) is 5.14. The molecule has 1 amide bonds. The van der Waals surface area contributed by atoms with Gasteiger partial charge in [-0.3, -0.25) is 9.89 Å². The number of carbonyl (C=O) groups excluding carboxylic acids is 1. The topological polar surface area (TPSA) is 72.8 Å². The van der Waals surface area contributed by atoms with Crippen LogP contribution in [-0.4, -0.2) is 33.6 Å². The summed E-state index contributed by atoms with van der Waals surface area (Å²) in [6.07, 6.45) is 1.70. The SMILES string of the molecule is N#CC(c1ccccc1)C1CCCN1C(=O)c1cc(-c2cccc(Cl)c2)n[nH]1. The zero-order valence-corrected chi connectivity index (χ0v) is 15.9. The highest BCUT2D eigenvalue weighted by Crippen LogP contribution is 2.32. The average molecular weight is 391 g/mol. The Balaban J connectivity index is 1.58. The number of hydrogen-bond donors (Lipinski definition) is 1. The van der Waals surface area contributed by atoms with Crippen LogP contribution in [0.1, 0.15) is 34.8 Å². The van der Waals surface area contributed by atoms with Crippen LogP contribution in [0.15, 0.2) is 60.7 Å². The van der Waals surface area contributed by atoms with Gasteiger partial charge in [-0.1, -0.05) is 54.1 Å². The summed E-state index contributed by atoms with van der Waals surface area (Å²) in [5.41, 5.74) is 2.88. The van der Waals surface area contributed by atoms with Gasteiger partial charge in [0.1, 0.15) is 5.69 Å². The predicted molar refractivity (Wildman–Crippen MR) is 108 cm³/mol. The van der Waals surface area contributed by atoms with Crippen molar-refractivity contribution in [2.45, 2.75) is 24.8 Å². The summed E-state index contributed by atoms with van der Waals surface area (Å²) in [7, 11) is 0. The quantitative estimate of drug-likeness (QED) is 0.705. The lowest BCUT2D eigenvalue weighted by Crippen LogP contribution is -2.39. The predicted octanol–water partition coefficient (Wildman–Crippen LogP) is 4.64. The molecule has 2 unspecified atom stereocenters. The summed E-state index contributed by atoms with van der Waals surface area (Å²) in [6.45, 7) is 0.639. The Bertz CT molecular complexity index is 1020. The molecule has 0 spiro atoms. The molecule has 1 aliphatic heterocycles. The Labute approximate surface area is 168 Å². The van der Waals surface area contributed by atoms with Crippen LogP contribution in [-0.2, 0) is 0 Å². The molecule has 0 bridgehead atoms. The van der Waals surface area contributed by atoms with E-state index in [1.807, 2.05) is 48.5 Å². The van der Waals surface area contributed by atoms with Gasteiger partial charge >= 0.3 is 0 Å². The molecular weight excluding hydrogens is 372 g/mol. The highest BCUT2D eigenvalue weighted by Gasteiger charge is 2.36. The molecule has 2 heterocycles. The van der Waals surface area contributed by atoms with E-state index in [2.05, 4.69) is 16.3 Å². The first-order chi connectivity index (χ1) is 13.7. The molecule has 28 heavy (non-hydrogen) atoms. The van der Waals surface area contributed by atoms with Gasteiger partial charge in [-0.2, -0.15) is 10.4 Å². The molecule has 140 valence electrons. The Morgan fingerprint density at radius 2 is 2.04 bits per heavy atom. The van der Waals surface area contributed by atoms with Crippen LogP contribution in [0.25, 0.3) is 11.3 Å². The van der Waals surface area contributed by atoms with Crippen molar-refractivity contribution in [1.29, 1.82) is 5.26 Å². The highest BCUT2D eigenvalue weighted by molar-refractivity contribution is 6.30. The summed E-state index contributed by atoms with van der Waals surface area (Å²) in [6, 6.07) is 21.0. The maximum absolute atomic E-state index is 13.1. The Morgan fingerprint density at radius 1 is 1.21 bits per heavy atom. The molecule has 1 N–H and O–H groups in total. The molecule has 0 saturated carbocycles. The van der Waals surface area contributed by atoms with E-state index in [9.17, 15) is 10.1 Å². The number of rotatable bonds is 4. The van der Waals surface area contributed by atoms with E-state index in [0.29, 0.717) is 23.0 Å². The van der Waals surface area contributed by atoms with Gasteiger partial charge in [0, 0.05) is 17.1 Å². The zero-order chi connectivity index (χ0) is 19.5. The number of aromatic nitrogens is 2. The maximum Gasteiger partial charge on any atom is 0.272 e. The second kappa shape index (κ2) is 7.87. The first kappa shape index (κ1) is 18.3. The molecule has 1 saturated heterocycles. The molecule has 6 heteroatoms. The summed E-state index contributed by atoms with van der Waals surface area (Å²) in [5, 5.41) is 17.5. The van der Waals surface area contributed by atoms with E-state index < -0.39 is 0 Å². The van der Waals surface area contributed by atoms with E-state index in [0.717, 1.165) is 24.0 Å². The van der Waals surface area contributed by atoms with Crippen LogP contribution in [0, 0.1) is 11.3 Å². The van der Waals surface area contributed by atoms with Crippen molar-refractivity contribution >= 4 is 17.5 Å². The number of nitriles is 1. The number of likely N-dealkylation sites (tertiary alicyclic amines) is 1. The zero-order valence-electron chi connectivity index (χ0n) is 15.2. The van der Waals surface area contributed by atoms with E-state index in [1.54, 1.807) is 17.0 Å². The number of halogens is 1. The first-order valence-corrected chi connectivity index (χ1v) is 9.62. The third-order valence-corrected chi connectivity index (χ3v) is 5.41. The molecule has 1 fully saturated rings. The molecule has 1 aromatic heterocycles. The number of nitrogens with one attached hydrogen (secondary N) is 1. The molecule has 0 aliphatic carbocycles. The fraction of sp³-hybridized carbons (Fsp3) is 0.227. The fourth-order valence-electron chi connectivity index (χ4n) is 3.82. The third-order valence-electron chi connectivity index (χ3n) is 5.17. The number of aromatic amines is 1. The van der Waals surface area contributed by atoms with Crippen molar-refractivity contribution in [2.75, 3.05) is 6.54 Å². The van der Waals surface area contributed by atoms with Crippen molar-refractivity contribution in [3.8, 4) is 17.3 Å². The van der Waals surface area contributed by atoms with Crippen molar-refractivity contribution < 1.29 is 4.79 Å². The van der Waals surface area contributed by atoms with Crippen molar-refractivity contribution in [3.63, 3.8) is 0 Å². The van der Waals surface area contributed by atoms with Gasteiger partial charge < -0.3 is 4.90 Å². The molecular formula is C22H19ClN4O. The second-order valence-corrected chi connectivity index (χ2v) is 7.34. The standard InChI is InChI=1S/C22H19ClN4O/c23-17-9-4-8-16(12-17)19-13-20(26-25-19)22(28)27-11-5-10-21(27)18(14-24)15-6-2-1-3-7-15/h1-4,6-9,12-13,18,21H,5,10-11H2,(H,25,26). The molecule has 2 aromatic carbocycles. The summed E-state index contributed by atoms with van der Waals surface area (Å²) < 4.78 is 0. The van der Waals surface area contributed by atoms with Crippen LogP contribution in [0.4, 0.5) is 0 Å². The van der Waals surface area contributed by atoms with Gasteiger partial charge in [-0.05, 0) is 36.6 Å². The molecule has 2 atom stereocenters. The minimum absolute atomic E-state index is 0.126. The van der Waals surface area contributed by atoms with Gasteiger partial charge in [-0.15, -0.1) is 0 Å². The van der Waals surface area contributed by atoms with Crippen LogP contribution >= 0.6 is 11.6 Å². The molecule has 5 nitrogen and oxygen atoms in total. The average Bonchev–Trinajstić information content (AvgIpc) is 3.39. The van der Waals surface area contributed by atoms with Gasteiger partial charge in [0.15, 0.2) is 0 Å². The summed E-state index contributed by atoms with van der Waals surface area (Å²) >= 11 is 6.05. The van der Waals surface area contributed by atoms with Crippen molar-refractivity contribution in [3.05, 3.63) is 76.9 Å². The van der Waals surface area contributed by atoms with Gasteiger partial charge in [0.25, 0.3) is 5.91 Å². The van der Waals surface area contributed by atoms with Crippen molar-refractivity contribution in [1.82, 2.24) is 15.1 Å². The normalized spacial score (nSPS) is 17.3. The van der Waals surface area contributed by atoms with E-state index in [4.69, 9.17) is 11.6 Å². The van der Waals surface area contributed by atoms with Crippen LogP contribution in [0.2, 0.25) is 5.02 Å². The van der Waals surface area contributed by atoms with E-state index in [-0.39, 0.29) is 17.9 Å². The molecule has 1 aliphatic rings. The summed E-state index contributed by atoms with van der Waals surface area (Å²) in [4.78, 5) is 14.9. The number of H-pyrrole nitrogens is 1. The molecule has 0 radical (unpaired) electrons. The number of carbonyl (C=O) groups is 1. The monoisotopic (exact) mass is 390 g/mol. The van der Waals surface area contributed by atoms with Crippen molar-refractivity contribution in [2.24, 2.45) is 0 Å². The van der Waals surface area contributed by atoms with Gasteiger partial charge in [0.2, 0.25) is 0 Å². The number of amides is 1. The molecule has 4 rings (SSSR count). The minimum atomic E-state index is -0.344. The third kappa shape index (κ3) is 3.51. The second-order valence-electron chi connectivity index (χ2n) is 6.90. The summed E-state index contributed by atoms with van der Waals surface area (Å²) in [5.74, 6) is -0.470. The minimum Gasteiger partial charge on any atom is -0.333 e. The first-order valence-electron chi connectivity index (χ1n) is 9.24. The van der Waals surface area contributed by atoms with E-state index in [1.165, 1.54) is 0 Å². The lowest BCUT2D eigenvalue weighted by atomic mass is 9.91. The number of hydrogen-bond acceptors (Lipinski definition) is 3. The largest absolute Gasteiger partial charge is 0.333 e. The van der Waals surface area contributed by atoms with Gasteiger partial charge in [-0.25, -0.2) is 0 Å². The smallest absolute Gasteiger partial charge is 0.272 e. The van der Waals surface area contributed by atoms with Gasteiger partial charge in [0.05, 0.1) is 23.7 Å². The molecule has 3 aromatic rings. The van der Waals surface area contributed by atoms with Crippen LogP contribution < -0.4 is 0 Å². The van der Waals surface area contributed by atoms with Crippen LogP contribution in [0.5, 0.6) is 0 Å². The fourth-order valence-corrected chi connectivity index (χ4v) is 4.01. The van der Waals surface area contributed by atoms with Crippen LogP contribution in [0.3, 0.4) is 0 Å². The lowest BCUT2D eigenvalue weighted by Gasteiger charge is -2.28. The Morgan fingerprint density at radius 3 is 2.79 bits per heavy atom. The maximum atomic E-state index is 13.1. The lowest BCUT2D eigenvalue weighted by molar-refractivity contribution is 0.0722. The Hall–Kier alpha value is -3.10. The van der Waals surface area contributed by atoms with E-state index >= 15 is 0 Å². The number of benzene rings is 2.